The third kappa shape index (κ3) is 3.44. The van der Waals surface area contributed by atoms with Crippen molar-refractivity contribution in [2.45, 2.75) is 27.7 Å². The van der Waals surface area contributed by atoms with Crippen LogP contribution in [0.25, 0.3) is 0 Å². The first-order valence-corrected chi connectivity index (χ1v) is 3.69. The van der Waals surface area contributed by atoms with Crippen molar-refractivity contribution in [2.75, 3.05) is 7.05 Å². The Morgan fingerprint density at radius 2 is 1.80 bits per heavy atom. The van der Waals surface area contributed by atoms with E-state index in [0.29, 0.717) is 5.92 Å². The number of aliphatic imine (C=N–C) groups is 1. The highest BCUT2D eigenvalue weighted by Gasteiger charge is 1.98. The fourth-order valence-electron chi connectivity index (χ4n) is 0.785. The number of nitrogens with zero attached hydrogens (tertiary/aromatic N) is 1. The van der Waals surface area contributed by atoms with Crippen LogP contribution in [0.3, 0.4) is 0 Å². The van der Waals surface area contributed by atoms with E-state index in [1.54, 1.807) is 0 Å². The van der Waals surface area contributed by atoms with Gasteiger partial charge >= 0.3 is 0 Å². The summed E-state index contributed by atoms with van der Waals surface area (Å²) in [7, 11) is 1.84. The van der Waals surface area contributed by atoms with Gasteiger partial charge in [0.2, 0.25) is 0 Å². The van der Waals surface area contributed by atoms with E-state index in [1.165, 1.54) is 11.3 Å². The molecule has 0 rings (SSSR count). The lowest BCUT2D eigenvalue weighted by molar-refractivity contribution is 0.885. The summed E-state index contributed by atoms with van der Waals surface area (Å²) in [5.41, 5.74) is 2.49. The predicted octanol–water partition coefficient (Wildman–Crippen LogP) is 2.68. The fraction of sp³-hybridized carbons (Fsp3) is 0.667. The number of hydrogen-bond acceptors (Lipinski definition) is 1. The fourth-order valence-corrected chi connectivity index (χ4v) is 0.785. The summed E-state index contributed by atoms with van der Waals surface area (Å²) >= 11 is 0. The maximum absolute atomic E-state index is 4.17. The maximum Gasteiger partial charge on any atom is 0.0369 e. The molecule has 0 fully saturated rings. The van der Waals surface area contributed by atoms with Crippen LogP contribution in [-0.4, -0.2) is 12.8 Å². The molecule has 0 aliphatic rings. The molecule has 0 heterocycles. The summed E-state index contributed by atoms with van der Waals surface area (Å²) in [6.45, 7) is 8.49. The number of hydrogen-bond donors (Lipinski definition) is 0. The largest absolute Gasteiger partial charge is 0.293 e. The molecule has 0 spiro atoms. The van der Waals surface area contributed by atoms with Crippen molar-refractivity contribution in [1.29, 1.82) is 0 Å². The standard InChI is InChI=1S/C9H17N/c1-7(2)6-9(10-5)8(3)4/h6,8H,1-5H3. The van der Waals surface area contributed by atoms with Gasteiger partial charge in [-0.05, 0) is 25.8 Å². The molecule has 0 aromatic carbocycles. The molecule has 0 aromatic heterocycles. The Morgan fingerprint density at radius 3 is 1.90 bits per heavy atom. The number of allylic oxidation sites excluding steroid dienone is 2. The molecule has 0 atom stereocenters. The van der Waals surface area contributed by atoms with Crippen LogP contribution in [0.1, 0.15) is 27.7 Å². The molecule has 0 unspecified atom stereocenters. The van der Waals surface area contributed by atoms with E-state index in [4.69, 9.17) is 0 Å². The van der Waals surface area contributed by atoms with Crippen molar-refractivity contribution in [3.63, 3.8) is 0 Å². The van der Waals surface area contributed by atoms with Crippen LogP contribution >= 0.6 is 0 Å². The minimum absolute atomic E-state index is 0.542. The van der Waals surface area contributed by atoms with Gasteiger partial charge in [0.15, 0.2) is 0 Å². The topological polar surface area (TPSA) is 12.4 Å². The van der Waals surface area contributed by atoms with Crippen molar-refractivity contribution in [1.82, 2.24) is 0 Å². The van der Waals surface area contributed by atoms with Gasteiger partial charge in [-0.2, -0.15) is 0 Å². The van der Waals surface area contributed by atoms with Crippen LogP contribution in [0.2, 0.25) is 0 Å². The van der Waals surface area contributed by atoms with Crippen LogP contribution in [0.5, 0.6) is 0 Å². The molecular weight excluding hydrogens is 122 g/mol. The molecule has 10 heavy (non-hydrogen) atoms. The highest BCUT2D eigenvalue weighted by molar-refractivity contribution is 5.96. The first-order chi connectivity index (χ1) is 4.57. The van der Waals surface area contributed by atoms with Gasteiger partial charge in [-0.25, -0.2) is 0 Å². The Balaban J connectivity index is 4.26. The normalized spacial score (nSPS) is 12.0. The van der Waals surface area contributed by atoms with Crippen molar-refractivity contribution in [2.24, 2.45) is 10.9 Å². The Bertz CT molecular complexity index is 148. The molecule has 1 heteroatoms. The lowest BCUT2D eigenvalue weighted by atomic mass is 10.1. The van der Waals surface area contributed by atoms with E-state index in [0.717, 1.165) is 0 Å². The molecule has 0 saturated heterocycles. The summed E-state index contributed by atoms with van der Waals surface area (Å²) in [6, 6.07) is 0. The third-order valence-corrected chi connectivity index (χ3v) is 1.29. The SMILES string of the molecule is CN=C(C=C(C)C)C(C)C. The Kier molecular flexibility index (Phi) is 4.01. The van der Waals surface area contributed by atoms with Crippen LogP contribution < -0.4 is 0 Å². The van der Waals surface area contributed by atoms with Crippen molar-refractivity contribution < 1.29 is 0 Å². The van der Waals surface area contributed by atoms with Crippen LogP contribution in [-0.2, 0) is 0 Å². The first-order valence-electron chi connectivity index (χ1n) is 3.69. The van der Waals surface area contributed by atoms with E-state index < -0.39 is 0 Å². The van der Waals surface area contributed by atoms with Gasteiger partial charge in [0, 0.05) is 12.8 Å². The van der Waals surface area contributed by atoms with Gasteiger partial charge in [-0.15, -0.1) is 0 Å². The first kappa shape index (κ1) is 9.41. The maximum atomic E-state index is 4.17. The predicted molar refractivity (Wildman–Crippen MR) is 47.6 cm³/mol. The molecular formula is C9H17N. The van der Waals surface area contributed by atoms with Crippen LogP contribution in [0.4, 0.5) is 0 Å². The monoisotopic (exact) mass is 139 g/mol. The second kappa shape index (κ2) is 4.26. The zero-order valence-electron chi connectivity index (χ0n) is 7.60. The summed E-state index contributed by atoms with van der Waals surface area (Å²) in [4.78, 5) is 4.17. The smallest absolute Gasteiger partial charge is 0.0369 e. The van der Waals surface area contributed by atoms with Crippen LogP contribution in [0, 0.1) is 5.92 Å². The second-order valence-corrected chi connectivity index (χ2v) is 3.02. The lowest BCUT2D eigenvalue weighted by Gasteiger charge is -2.03. The van der Waals surface area contributed by atoms with Gasteiger partial charge in [-0.1, -0.05) is 19.4 Å². The highest BCUT2D eigenvalue weighted by Crippen LogP contribution is 2.01. The molecule has 1 nitrogen and oxygen atoms in total. The lowest BCUT2D eigenvalue weighted by Crippen LogP contribution is -2.03. The quantitative estimate of drug-likeness (QED) is 0.521. The molecule has 0 aromatic rings. The van der Waals surface area contributed by atoms with E-state index in [1.807, 2.05) is 7.05 Å². The minimum atomic E-state index is 0.542. The third-order valence-electron chi connectivity index (χ3n) is 1.29. The van der Waals surface area contributed by atoms with E-state index in [9.17, 15) is 0 Å². The van der Waals surface area contributed by atoms with Crippen molar-refractivity contribution in [3.05, 3.63) is 11.6 Å². The van der Waals surface area contributed by atoms with Gasteiger partial charge < -0.3 is 0 Å². The average molecular weight is 139 g/mol. The Labute approximate surface area is 63.9 Å². The summed E-state index contributed by atoms with van der Waals surface area (Å²) in [6.07, 6.45) is 2.13. The zero-order chi connectivity index (χ0) is 8.15. The molecule has 0 saturated carbocycles. The number of rotatable bonds is 2. The molecule has 0 bridgehead atoms. The van der Waals surface area contributed by atoms with E-state index in [2.05, 4.69) is 38.8 Å². The van der Waals surface area contributed by atoms with Crippen LogP contribution in [0.15, 0.2) is 16.6 Å². The van der Waals surface area contributed by atoms with Gasteiger partial charge in [0.25, 0.3) is 0 Å². The van der Waals surface area contributed by atoms with Gasteiger partial charge in [0.1, 0.15) is 0 Å². The minimum Gasteiger partial charge on any atom is -0.293 e. The molecule has 0 aliphatic heterocycles. The molecule has 0 radical (unpaired) electrons. The molecule has 0 amide bonds. The molecule has 0 aliphatic carbocycles. The van der Waals surface area contributed by atoms with E-state index >= 15 is 0 Å². The second-order valence-electron chi connectivity index (χ2n) is 3.02. The molecule has 58 valence electrons. The van der Waals surface area contributed by atoms with Crippen molar-refractivity contribution in [3.8, 4) is 0 Å². The summed E-state index contributed by atoms with van der Waals surface area (Å²) in [5.74, 6) is 0.542. The van der Waals surface area contributed by atoms with Gasteiger partial charge in [0.05, 0.1) is 0 Å². The summed E-state index contributed by atoms with van der Waals surface area (Å²) in [5, 5.41) is 0. The average Bonchev–Trinajstić information content (AvgIpc) is 1.81. The Hall–Kier alpha value is -0.590. The summed E-state index contributed by atoms with van der Waals surface area (Å²) < 4.78 is 0. The van der Waals surface area contributed by atoms with Gasteiger partial charge in [-0.3, -0.25) is 4.99 Å². The highest BCUT2D eigenvalue weighted by atomic mass is 14.7. The Morgan fingerprint density at radius 1 is 1.30 bits per heavy atom. The molecule has 0 N–H and O–H groups in total. The van der Waals surface area contributed by atoms with E-state index in [-0.39, 0.29) is 0 Å². The zero-order valence-corrected chi connectivity index (χ0v) is 7.60. The van der Waals surface area contributed by atoms with Crippen molar-refractivity contribution >= 4 is 5.71 Å².